The van der Waals surface area contributed by atoms with E-state index in [1.54, 1.807) is 0 Å². The molecule has 0 saturated heterocycles. The van der Waals surface area contributed by atoms with Crippen LogP contribution in [0.3, 0.4) is 0 Å². The number of aromatic hydroxyl groups is 3. The molecule has 0 bridgehead atoms. The van der Waals surface area contributed by atoms with Crippen molar-refractivity contribution in [3.8, 4) is 45.8 Å². The topological polar surface area (TPSA) is 119 Å². The first kappa shape index (κ1) is 17.3. The van der Waals surface area contributed by atoms with Crippen molar-refractivity contribution in [2.45, 2.75) is 0 Å². The van der Waals surface area contributed by atoms with Crippen molar-refractivity contribution in [2.24, 2.45) is 0 Å². The van der Waals surface area contributed by atoms with Crippen molar-refractivity contribution in [2.75, 3.05) is 21.3 Å². The Morgan fingerprint density at radius 1 is 0.808 bits per heavy atom. The molecule has 0 aliphatic rings. The van der Waals surface area contributed by atoms with Gasteiger partial charge in [-0.3, -0.25) is 4.79 Å². The number of hydrogen-bond acceptors (Lipinski definition) is 8. The highest BCUT2D eigenvalue weighted by atomic mass is 16.5. The standard InChI is InChI=1S/C18H16O8/c1-23-16-11(20)10-12(21)17(24-2)18(25-3)13(22)15(10)26-14(16)8-4-6-9(19)7-5-8/h4-7,19,21-22H,1-3H3. The second-order valence-corrected chi connectivity index (χ2v) is 5.31. The Morgan fingerprint density at radius 3 is 1.88 bits per heavy atom. The minimum atomic E-state index is -0.703. The van der Waals surface area contributed by atoms with Gasteiger partial charge in [0.2, 0.25) is 28.4 Å². The Labute approximate surface area is 147 Å². The highest BCUT2D eigenvalue weighted by molar-refractivity contribution is 5.96. The van der Waals surface area contributed by atoms with Gasteiger partial charge < -0.3 is 33.9 Å². The molecule has 8 nitrogen and oxygen atoms in total. The van der Waals surface area contributed by atoms with Crippen LogP contribution in [0.5, 0.6) is 34.5 Å². The van der Waals surface area contributed by atoms with Gasteiger partial charge in [-0.15, -0.1) is 0 Å². The van der Waals surface area contributed by atoms with Crippen LogP contribution in [-0.2, 0) is 0 Å². The Morgan fingerprint density at radius 2 is 1.35 bits per heavy atom. The molecule has 3 rings (SSSR count). The second kappa shape index (κ2) is 6.40. The van der Waals surface area contributed by atoms with Gasteiger partial charge in [0.1, 0.15) is 11.1 Å². The number of methoxy groups -OCH3 is 3. The molecule has 0 unspecified atom stereocenters. The molecule has 0 aliphatic carbocycles. The molecule has 0 atom stereocenters. The van der Waals surface area contributed by atoms with E-state index < -0.39 is 16.9 Å². The molecular formula is C18H16O8. The molecule has 1 heterocycles. The van der Waals surface area contributed by atoms with E-state index >= 15 is 0 Å². The first-order chi connectivity index (χ1) is 12.4. The Bertz CT molecular complexity index is 1030. The number of rotatable bonds is 4. The summed E-state index contributed by atoms with van der Waals surface area (Å²) in [6.07, 6.45) is 0. The quantitative estimate of drug-likeness (QED) is 0.608. The Balaban J connectivity index is 2.48. The molecular weight excluding hydrogens is 344 g/mol. The molecule has 2 aromatic carbocycles. The maximum absolute atomic E-state index is 12.9. The number of hydrogen-bond donors (Lipinski definition) is 3. The Hall–Kier alpha value is -3.55. The summed E-state index contributed by atoms with van der Waals surface area (Å²) in [6.45, 7) is 0. The van der Waals surface area contributed by atoms with Crippen molar-refractivity contribution in [1.29, 1.82) is 0 Å². The third-order valence-electron chi connectivity index (χ3n) is 3.90. The highest BCUT2D eigenvalue weighted by Gasteiger charge is 2.28. The van der Waals surface area contributed by atoms with Crippen LogP contribution in [-0.4, -0.2) is 36.6 Å². The van der Waals surface area contributed by atoms with Crippen molar-refractivity contribution in [1.82, 2.24) is 0 Å². The molecule has 0 aliphatic heterocycles. The van der Waals surface area contributed by atoms with Gasteiger partial charge in [-0.05, 0) is 24.3 Å². The summed E-state index contributed by atoms with van der Waals surface area (Å²) < 4.78 is 20.9. The van der Waals surface area contributed by atoms with Gasteiger partial charge in [-0.25, -0.2) is 0 Å². The van der Waals surface area contributed by atoms with Crippen LogP contribution < -0.4 is 19.6 Å². The first-order valence-corrected chi connectivity index (χ1v) is 7.44. The van der Waals surface area contributed by atoms with Gasteiger partial charge in [0.15, 0.2) is 17.1 Å². The van der Waals surface area contributed by atoms with Crippen molar-refractivity contribution >= 4 is 11.0 Å². The fourth-order valence-electron chi connectivity index (χ4n) is 2.70. The first-order valence-electron chi connectivity index (χ1n) is 7.44. The lowest BCUT2D eigenvalue weighted by atomic mass is 10.1. The van der Waals surface area contributed by atoms with Gasteiger partial charge in [-0.1, -0.05) is 0 Å². The zero-order valence-corrected chi connectivity index (χ0v) is 14.2. The zero-order chi connectivity index (χ0) is 19.0. The molecule has 0 spiro atoms. The lowest BCUT2D eigenvalue weighted by Gasteiger charge is -2.15. The third kappa shape index (κ3) is 2.43. The fourth-order valence-corrected chi connectivity index (χ4v) is 2.70. The van der Waals surface area contributed by atoms with E-state index in [0.717, 1.165) is 0 Å². The number of benzene rings is 2. The van der Waals surface area contributed by atoms with Crippen molar-refractivity contribution in [3.05, 3.63) is 34.5 Å². The zero-order valence-electron chi connectivity index (χ0n) is 14.2. The van der Waals surface area contributed by atoms with Crippen molar-refractivity contribution < 1.29 is 33.9 Å². The molecule has 3 aromatic rings. The summed E-state index contributed by atoms with van der Waals surface area (Å²) in [6, 6.07) is 5.84. The summed E-state index contributed by atoms with van der Waals surface area (Å²) in [4.78, 5) is 12.9. The number of ether oxygens (including phenoxy) is 3. The van der Waals surface area contributed by atoms with Crippen LogP contribution in [0, 0.1) is 0 Å². The largest absolute Gasteiger partial charge is 0.508 e. The van der Waals surface area contributed by atoms with E-state index in [1.165, 1.54) is 45.6 Å². The third-order valence-corrected chi connectivity index (χ3v) is 3.90. The molecule has 0 amide bonds. The molecule has 26 heavy (non-hydrogen) atoms. The molecule has 3 N–H and O–H groups in total. The monoisotopic (exact) mass is 360 g/mol. The van der Waals surface area contributed by atoms with Gasteiger partial charge >= 0.3 is 0 Å². The van der Waals surface area contributed by atoms with Crippen molar-refractivity contribution in [3.63, 3.8) is 0 Å². The predicted octanol–water partition coefficient (Wildman–Crippen LogP) is 2.60. The average molecular weight is 360 g/mol. The summed E-state index contributed by atoms with van der Waals surface area (Å²) in [5, 5.41) is 30.0. The molecule has 136 valence electrons. The smallest absolute Gasteiger partial charge is 0.239 e. The van der Waals surface area contributed by atoms with Gasteiger partial charge in [0.25, 0.3) is 0 Å². The number of phenolic OH excluding ortho intramolecular Hbond substituents is 3. The molecule has 0 radical (unpaired) electrons. The normalized spacial score (nSPS) is 10.7. The Kier molecular flexibility index (Phi) is 4.25. The fraction of sp³-hybridized carbons (Fsp3) is 0.167. The average Bonchev–Trinajstić information content (AvgIpc) is 2.64. The number of fused-ring (bicyclic) bond motifs is 1. The minimum Gasteiger partial charge on any atom is -0.508 e. The molecule has 0 saturated carbocycles. The lowest BCUT2D eigenvalue weighted by molar-refractivity contribution is 0.317. The summed E-state index contributed by atoms with van der Waals surface area (Å²) in [5.41, 5.74) is -0.563. The van der Waals surface area contributed by atoms with Crippen LogP contribution in [0.15, 0.2) is 33.5 Å². The van der Waals surface area contributed by atoms with Crippen LogP contribution >= 0.6 is 0 Å². The maximum Gasteiger partial charge on any atom is 0.239 e. The molecule has 8 heteroatoms. The van der Waals surface area contributed by atoms with E-state index in [1.807, 2.05) is 0 Å². The molecule has 0 fully saturated rings. The van der Waals surface area contributed by atoms with Crippen LogP contribution in [0.1, 0.15) is 0 Å². The highest BCUT2D eigenvalue weighted by Crippen LogP contribution is 2.50. The van der Waals surface area contributed by atoms with Crippen LogP contribution in [0.4, 0.5) is 0 Å². The van der Waals surface area contributed by atoms with Crippen LogP contribution in [0.2, 0.25) is 0 Å². The van der Waals surface area contributed by atoms with Gasteiger partial charge in [0, 0.05) is 5.56 Å². The summed E-state index contributed by atoms with van der Waals surface area (Å²) in [7, 11) is 3.80. The van der Waals surface area contributed by atoms with E-state index in [2.05, 4.69) is 0 Å². The van der Waals surface area contributed by atoms with E-state index in [4.69, 9.17) is 18.6 Å². The number of phenols is 3. The summed E-state index contributed by atoms with van der Waals surface area (Å²) in [5.74, 6) is -1.55. The maximum atomic E-state index is 12.9. The van der Waals surface area contributed by atoms with Gasteiger partial charge in [-0.2, -0.15) is 0 Å². The second-order valence-electron chi connectivity index (χ2n) is 5.31. The molecule has 1 aromatic heterocycles. The van der Waals surface area contributed by atoms with E-state index in [0.29, 0.717) is 5.56 Å². The summed E-state index contributed by atoms with van der Waals surface area (Å²) >= 11 is 0. The van der Waals surface area contributed by atoms with Gasteiger partial charge in [0.05, 0.1) is 21.3 Å². The predicted molar refractivity (Wildman–Crippen MR) is 92.6 cm³/mol. The van der Waals surface area contributed by atoms with E-state index in [9.17, 15) is 20.1 Å². The SMILES string of the molecule is COc1c(OC)c(O)c2c(=O)c(OC)c(-c3ccc(O)cc3)oc2c1O. The van der Waals surface area contributed by atoms with Crippen LogP contribution in [0.25, 0.3) is 22.3 Å². The minimum absolute atomic E-state index is 0.0203. The van der Waals surface area contributed by atoms with E-state index in [-0.39, 0.29) is 39.7 Å². The lowest BCUT2D eigenvalue weighted by Crippen LogP contribution is -2.09.